The highest BCUT2D eigenvalue weighted by Gasteiger charge is 2.34. The van der Waals surface area contributed by atoms with Gasteiger partial charge in [0.25, 0.3) is 0 Å². The minimum atomic E-state index is -1.40. The van der Waals surface area contributed by atoms with Crippen molar-refractivity contribution in [3.8, 4) is 0 Å². The van der Waals surface area contributed by atoms with Crippen LogP contribution in [0.25, 0.3) is 0 Å². The molecule has 0 saturated carbocycles. The Morgan fingerprint density at radius 2 is 1.31 bits per heavy atom. The van der Waals surface area contributed by atoms with Crippen LogP contribution < -0.4 is 32.3 Å². The summed E-state index contributed by atoms with van der Waals surface area (Å²) < 4.78 is 0. The Kier molecular flexibility index (Phi) is 17.2. The summed E-state index contributed by atoms with van der Waals surface area (Å²) in [7, 11) is 1.35. The Balaban J connectivity index is 3.06. The zero-order chi connectivity index (χ0) is 36.7. The molecule has 16 heteroatoms. The molecule has 6 atom stereocenters. The lowest BCUT2D eigenvalue weighted by molar-refractivity contribution is -0.142. The van der Waals surface area contributed by atoms with E-state index in [9.17, 15) is 38.7 Å². The molecular weight excluding hydrogens is 626 g/mol. The normalized spacial score (nSPS) is 14.8. The van der Waals surface area contributed by atoms with Gasteiger partial charge in [-0.15, -0.1) is 0 Å². The predicted molar refractivity (Wildman–Crippen MR) is 176 cm³/mol. The van der Waals surface area contributed by atoms with Crippen molar-refractivity contribution in [2.24, 2.45) is 17.6 Å². The molecule has 6 amide bonds. The molecule has 0 aromatic heterocycles. The number of likely N-dealkylation sites (N-methyl/N-ethyl adjacent to an activating group) is 1. The van der Waals surface area contributed by atoms with Gasteiger partial charge in [0.2, 0.25) is 35.4 Å². The summed E-state index contributed by atoms with van der Waals surface area (Å²) in [6.07, 6.45) is 0.229. The number of rotatable bonds is 19. The quantitative estimate of drug-likeness (QED) is 0.0821. The zero-order valence-electron chi connectivity index (χ0n) is 28.6. The van der Waals surface area contributed by atoms with Gasteiger partial charge in [0.05, 0.1) is 12.6 Å². The summed E-state index contributed by atoms with van der Waals surface area (Å²) in [6.45, 7) is 8.50. The van der Waals surface area contributed by atoms with Crippen LogP contribution in [0, 0.1) is 11.8 Å². The maximum atomic E-state index is 13.7. The van der Waals surface area contributed by atoms with E-state index in [1.807, 2.05) is 13.8 Å². The number of aliphatic hydroxyl groups excluding tert-OH is 1. The van der Waals surface area contributed by atoms with Crippen LogP contribution in [0.2, 0.25) is 0 Å². The van der Waals surface area contributed by atoms with Crippen LogP contribution in [0.15, 0.2) is 30.3 Å². The molecule has 0 heterocycles. The van der Waals surface area contributed by atoms with Crippen LogP contribution in [0.1, 0.15) is 53.5 Å². The molecule has 0 saturated heterocycles. The van der Waals surface area contributed by atoms with Crippen molar-refractivity contribution in [1.82, 2.24) is 31.5 Å². The van der Waals surface area contributed by atoms with Gasteiger partial charge in [-0.1, -0.05) is 58.0 Å². The molecule has 0 radical (unpaired) electrons. The van der Waals surface area contributed by atoms with Gasteiger partial charge in [0.15, 0.2) is 0 Å². The molecule has 0 bridgehead atoms. The first-order valence-electron chi connectivity index (χ1n) is 15.8. The number of aliphatic hydroxyl groups is 1. The van der Waals surface area contributed by atoms with Gasteiger partial charge >= 0.3 is 5.97 Å². The summed E-state index contributed by atoms with van der Waals surface area (Å²) in [5.74, 6) is -5.77. The van der Waals surface area contributed by atoms with E-state index in [0.29, 0.717) is 5.56 Å². The van der Waals surface area contributed by atoms with Gasteiger partial charge in [-0.3, -0.25) is 33.6 Å². The molecule has 0 aliphatic heterocycles. The van der Waals surface area contributed by atoms with Gasteiger partial charge < -0.3 is 47.4 Å². The topological polar surface area (TPSA) is 249 Å². The van der Waals surface area contributed by atoms with Crippen molar-refractivity contribution in [2.45, 2.75) is 90.6 Å². The molecule has 1 aromatic carbocycles. The first-order chi connectivity index (χ1) is 22.4. The maximum absolute atomic E-state index is 13.7. The fraction of sp³-hybridized carbons (Fsp3) is 0.594. The summed E-state index contributed by atoms with van der Waals surface area (Å²) >= 11 is 0. The molecule has 48 heavy (non-hydrogen) atoms. The number of hydrogen-bond donors (Lipinski definition) is 8. The minimum Gasteiger partial charge on any atom is -0.480 e. The zero-order valence-corrected chi connectivity index (χ0v) is 28.6. The fourth-order valence-electron chi connectivity index (χ4n) is 4.38. The van der Waals surface area contributed by atoms with Crippen molar-refractivity contribution < 1.29 is 43.8 Å². The van der Waals surface area contributed by atoms with Crippen LogP contribution in [-0.4, -0.2) is 113 Å². The predicted octanol–water partition coefficient (Wildman–Crippen LogP) is -1.74. The number of aliphatic carboxylic acids is 1. The number of carbonyl (C=O) groups is 7. The van der Waals surface area contributed by atoms with Gasteiger partial charge in [-0.25, -0.2) is 0 Å². The Labute approximate surface area is 280 Å². The number of benzene rings is 1. The molecule has 0 aliphatic rings. The highest BCUT2D eigenvalue weighted by molar-refractivity contribution is 5.96. The molecule has 1 rings (SSSR count). The third-order valence-corrected chi connectivity index (χ3v) is 7.55. The number of hydrogen-bond acceptors (Lipinski definition) is 9. The summed E-state index contributed by atoms with van der Waals surface area (Å²) in [5.41, 5.74) is 6.54. The molecule has 16 nitrogen and oxygen atoms in total. The van der Waals surface area contributed by atoms with Crippen LogP contribution in [-0.2, 0) is 40.0 Å². The number of nitrogens with zero attached hydrogens (tertiary/aromatic N) is 1. The second-order valence-corrected chi connectivity index (χ2v) is 12.4. The van der Waals surface area contributed by atoms with Crippen molar-refractivity contribution >= 4 is 41.4 Å². The molecule has 0 aliphatic carbocycles. The summed E-state index contributed by atoms with van der Waals surface area (Å²) in [4.78, 5) is 89.8. The van der Waals surface area contributed by atoms with Crippen LogP contribution >= 0.6 is 0 Å². The molecule has 1 aromatic rings. The Morgan fingerprint density at radius 1 is 0.750 bits per heavy atom. The van der Waals surface area contributed by atoms with E-state index in [1.54, 1.807) is 44.2 Å². The number of nitrogens with one attached hydrogen (secondary N) is 5. The first kappa shape index (κ1) is 41.5. The van der Waals surface area contributed by atoms with E-state index < -0.39 is 90.8 Å². The van der Waals surface area contributed by atoms with Gasteiger partial charge in [-0.2, -0.15) is 0 Å². The van der Waals surface area contributed by atoms with Crippen LogP contribution in [0.4, 0.5) is 0 Å². The minimum absolute atomic E-state index is 0.0156. The van der Waals surface area contributed by atoms with Crippen molar-refractivity contribution in [3.63, 3.8) is 0 Å². The monoisotopic (exact) mass is 677 g/mol. The second kappa shape index (κ2) is 19.9. The Morgan fingerprint density at radius 3 is 1.83 bits per heavy atom. The Hall–Kier alpha value is -4.57. The molecule has 9 N–H and O–H groups in total. The lowest BCUT2D eigenvalue weighted by Gasteiger charge is -2.30. The van der Waals surface area contributed by atoms with E-state index in [-0.39, 0.29) is 24.7 Å². The molecule has 0 fully saturated rings. The highest BCUT2D eigenvalue weighted by Crippen LogP contribution is 2.10. The largest absolute Gasteiger partial charge is 0.480 e. The highest BCUT2D eigenvalue weighted by atomic mass is 16.4. The van der Waals surface area contributed by atoms with Crippen LogP contribution in [0.5, 0.6) is 0 Å². The Bertz CT molecular complexity index is 1280. The molecule has 0 spiro atoms. The van der Waals surface area contributed by atoms with Gasteiger partial charge in [0, 0.05) is 13.5 Å². The number of nitrogens with two attached hydrogens (primary N) is 1. The molecule has 268 valence electrons. The van der Waals surface area contributed by atoms with Crippen molar-refractivity contribution in [3.05, 3.63) is 35.9 Å². The molecule has 0 unspecified atom stereocenters. The average Bonchev–Trinajstić information content (AvgIpc) is 3.03. The van der Waals surface area contributed by atoms with E-state index in [4.69, 9.17) is 10.8 Å². The molecular formula is C32H51N7O9. The number of carboxylic acid groups (broad SMARTS) is 1. The first-order valence-corrected chi connectivity index (χ1v) is 15.8. The van der Waals surface area contributed by atoms with Gasteiger partial charge in [0.1, 0.15) is 36.8 Å². The number of carbonyl (C=O) groups excluding carboxylic acids is 6. The van der Waals surface area contributed by atoms with Gasteiger partial charge in [-0.05, 0) is 37.7 Å². The SMILES string of the molecule is CC(C)C[C@H](NC(=O)[C@H](C)NC(=O)[C@H](C)N(C)C(=O)[C@H](Cc1ccccc1)NC(=O)[C@H](CO)NC(=O)[C@@H](N)C(C)C)C(=O)NCC(=O)O. The van der Waals surface area contributed by atoms with E-state index in [0.717, 1.165) is 4.90 Å². The summed E-state index contributed by atoms with van der Waals surface area (Å²) in [5, 5.41) is 30.9. The fourth-order valence-corrected chi connectivity index (χ4v) is 4.38. The van der Waals surface area contributed by atoms with Crippen LogP contribution in [0.3, 0.4) is 0 Å². The summed E-state index contributed by atoms with van der Waals surface area (Å²) in [6, 6.07) is 1.88. The lowest BCUT2D eigenvalue weighted by atomic mass is 10.0. The smallest absolute Gasteiger partial charge is 0.322 e. The number of amides is 6. The second-order valence-electron chi connectivity index (χ2n) is 12.4. The maximum Gasteiger partial charge on any atom is 0.322 e. The van der Waals surface area contributed by atoms with E-state index in [1.165, 1.54) is 20.9 Å². The number of carboxylic acids is 1. The van der Waals surface area contributed by atoms with Crippen molar-refractivity contribution in [1.29, 1.82) is 0 Å². The third-order valence-electron chi connectivity index (χ3n) is 7.55. The standard InChI is InChI=1S/C32H51N7O9/c1-17(2)13-22(29(45)34-15-25(41)42)36-27(43)19(5)35-28(44)20(6)39(7)32(48)23(14-21-11-9-8-10-12-21)37-30(46)24(16-40)38-31(47)26(33)18(3)4/h8-12,17-20,22-24,26,40H,13-16,33H2,1-7H3,(H,34,45)(H,35,44)(H,36,43)(H,37,46)(H,38,47)(H,41,42)/t19-,20-,22-,23-,24-,26-/m0/s1. The third kappa shape index (κ3) is 13.7. The average molecular weight is 678 g/mol. The van der Waals surface area contributed by atoms with Crippen molar-refractivity contribution in [2.75, 3.05) is 20.2 Å². The van der Waals surface area contributed by atoms with E-state index >= 15 is 0 Å². The lowest BCUT2D eigenvalue weighted by Crippen LogP contribution is -2.60. The van der Waals surface area contributed by atoms with E-state index in [2.05, 4.69) is 26.6 Å².